The van der Waals surface area contributed by atoms with Gasteiger partial charge in [0, 0.05) is 11.1 Å². The van der Waals surface area contributed by atoms with Crippen molar-refractivity contribution in [3.63, 3.8) is 0 Å². The van der Waals surface area contributed by atoms with Crippen LogP contribution in [0.15, 0.2) is 23.0 Å². The fourth-order valence-electron chi connectivity index (χ4n) is 2.17. The highest BCUT2D eigenvalue weighted by atomic mass is 16.1. The summed E-state index contributed by atoms with van der Waals surface area (Å²) >= 11 is 0. The Balaban J connectivity index is 2.89. The van der Waals surface area contributed by atoms with Crippen molar-refractivity contribution in [2.24, 2.45) is 0 Å². The molecule has 0 saturated heterocycles. The zero-order valence-electron chi connectivity index (χ0n) is 10.6. The van der Waals surface area contributed by atoms with Crippen molar-refractivity contribution in [3.05, 3.63) is 50.7 Å². The van der Waals surface area contributed by atoms with Crippen LogP contribution in [0.4, 0.5) is 0 Å². The van der Waals surface area contributed by atoms with Crippen molar-refractivity contribution in [2.45, 2.75) is 33.6 Å². The Hall–Kier alpha value is -1.70. The van der Waals surface area contributed by atoms with Gasteiger partial charge >= 0.3 is 0 Å². The van der Waals surface area contributed by atoms with Crippen LogP contribution in [0.3, 0.4) is 0 Å². The van der Waals surface area contributed by atoms with E-state index in [9.17, 15) is 9.59 Å². The van der Waals surface area contributed by atoms with Gasteiger partial charge < -0.3 is 0 Å². The van der Waals surface area contributed by atoms with Crippen LogP contribution < -0.4 is 5.43 Å². The lowest BCUT2D eigenvalue weighted by Crippen LogP contribution is -2.06. The topological polar surface area (TPSA) is 34.1 Å². The minimum atomic E-state index is -0.0496. The fraction of sp³-hybridized carbons (Fsp3) is 0.333. The SMILES string of the molecule is CC1=CC(=O)c2c1cc(C(C)C)cc(=O)c2C. The van der Waals surface area contributed by atoms with Crippen molar-refractivity contribution in [1.82, 2.24) is 0 Å². The molecule has 0 bridgehead atoms. The Morgan fingerprint density at radius 1 is 1.06 bits per heavy atom. The average molecular weight is 228 g/mol. The molecule has 2 nitrogen and oxygen atoms in total. The number of ketones is 1. The monoisotopic (exact) mass is 228 g/mol. The molecule has 0 spiro atoms. The first-order valence-electron chi connectivity index (χ1n) is 5.83. The first-order valence-corrected chi connectivity index (χ1v) is 5.83. The minimum Gasteiger partial charge on any atom is -0.290 e. The van der Waals surface area contributed by atoms with E-state index in [1.54, 1.807) is 19.1 Å². The number of hydrogen-bond acceptors (Lipinski definition) is 2. The van der Waals surface area contributed by atoms with E-state index in [2.05, 4.69) is 0 Å². The smallest absolute Gasteiger partial charge is 0.187 e. The molecule has 2 rings (SSSR count). The summed E-state index contributed by atoms with van der Waals surface area (Å²) in [4.78, 5) is 23.8. The van der Waals surface area contributed by atoms with E-state index in [1.165, 1.54) is 0 Å². The molecular formula is C15H16O2. The van der Waals surface area contributed by atoms with Gasteiger partial charge in [0.15, 0.2) is 11.2 Å². The van der Waals surface area contributed by atoms with Gasteiger partial charge in [0.25, 0.3) is 0 Å². The lowest BCUT2D eigenvalue weighted by molar-refractivity contribution is 0.104. The third-order valence-corrected chi connectivity index (χ3v) is 3.31. The summed E-state index contributed by atoms with van der Waals surface area (Å²) < 4.78 is 0. The molecule has 0 heterocycles. The molecule has 0 fully saturated rings. The van der Waals surface area contributed by atoms with Crippen molar-refractivity contribution >= 4 is 11.4 Å². The maximum atomic E-state index is 12.0. The van der Waals surface area contributed by atoms with Gasteiger partial charge in [-0.3, -0.25) is 9.59 Å². The number of hydrogen-bond donors (Lipinski definition) is 0. The normalized spacial score (nSPS) is 13.9. The number of allylic oxidation sites excluding steroid dienone is 2. The van der Waals surface area contributed by atoms with E-state index >= 15 is 0 Å². The highest BCUT2D eigenvalue weighted by molar-refractivity contribution is 6.17. The zero-order chi connectivity index (χ0) is 12.7. The molecule has 0 unspecified atom stereocenters. The van der Waals surface area contributed by atoms with E-state index in [0.29, 0.717) is 11.1 Å². The lowest BCUT2D eigenvalue weighted by Gasteiger charge is -2.02. The van der Waals surface area contributed by atoms with Gasteiger partial charge in [-0.1, -0.05) is 19.9 Å². The maximum Gasteiger partial charge on any atom is 0.187 e. The second-order valence-electron chi connectivity index (χ2n) is 4.91. The molecular weight excluding hydrogens is 212 g/mol. The quantitative estimate of drug-likeness (QED) is 0.740. The van der Waals surface area contributed by atoms with Crippen molar-refractivity contribution < 1.29 is 4.79 Å². The van der Waals surface area contributed by atoms with Crippen LogP contribution in [0.25, 0.3) is 5.57 Å². The maximum absolute atomic E-state index is 12.0. The summed E-state index contributed by atoms with van der Waals surface area (Å²) in [5.74, 6) is 0.236. The predicted octanol–water partition coefficient (Wildman–Crippen LogP) is 3.08. The molecule has 0 aliphatic heterocycles. The summed E-state index contributed by atoms with van der Waals surface area (Å²) in [6.45, 7) is 7.74. The molecule has 0 N–H and O–H groups in total. The second kappa shape index (κ2) is 3.95. The molecule has 0 saturated carbocycles. The Morgan fingerprint density at radius 3 is 2.29 bits per heavy atom. The molecule has 1 aliphatic carbocycles. The Labute approximate surface area is 101 Å². The number of carbonyl (C=O) groups is 1. The standard InChI is InChI=1S/C15H16O2/c1-8(2)11-6-12-9(3)5-14(17)15(12)10(4)13(16)7-11/h5-8H,1-4H3. The molecule has 0 atom stereocenters. The van der Waals surface area contributed by atoms with Crippen LogP contribution in [0, 0.1) is 6.92 Å². The van der Waals surface area contributed by atoms with Gasteiger partial charge in [0.1, 0.15) is 0 Å². The van der Waals surface area contributed by atoms with Crippen LogP contribution in [-0.2, 0) is 0 Å². The van der Waals surface area contributed by atoms with E-state index in [4.69, 9.17) is 0 Å². The third-order valence-electron chi connectivity index (χ3n) is 3.31. The van der Waals surface area contributed by atoms with E-state index in [0.717, 1.165) is 16.7 Å². The summed E-state index contributed by atoms with van der Waals surface area (Å²) in [6.07, 6.45) is 1.61. The Bertz CT molecular complexity index is 593. The van der Waals surface area contributed by atoms with Crippen LogP contribution in [0.5, 0.6) is 0 Å². The molecule has 17 heavy (non-hydrogen) atoms. The summed E-state index contributed by atoms with van der Waals surface area (Å²) in [5.41, 5.74) is 3.95. The van der Waals surface area contributed by atoms with Crippen LogP contribution >= 0.6 is 0 Å². The van der Waals surface area contributed by atoms with Gasteiger partial charge in [-0.25, -0.2) is 0 Å². The van der Waals surface area contributed by atoms with Gasteiger partial charge in [-0.05, 0) is 48.6 Å². The highest BCUT2D eigenvalue weighted by Gasteiger charge is 2.22. The Kier molecular flexibility index (Phi) is 2.74. The molecule has 0 radical (unpaired) electrons. The fourth-order valence-corrected chi connectivity index (χ4v) is 2.17. The van der Waals surface area contributed by atoms with Gasteiger partial charge in [0.2, 0.25) is 0 Å². The van der Waals surface area contributed by atoms with E-state index in [-0.39, 0.29) is 17.1 Å². The molecule has 0 amide bonds. The van der Waals surface area contributed by atoms with Crippen molar-refractivity contribution in [3.8, 4) is 0 Å². The van der Waals surface area contributed by atoms with Gasteiger partial charge in [-0.2, -0.15) is 0 Å². The largest absolute Gasteiger partial charge is 0.290 e. The van der Waals surface area contributed by atoms with Crippen molar-refractivity contribution in [1.29, 1.82) is 0 Å². The lowest BCUT2D eigenvalue weighted by atomic mass is 10.0. The highest BCUT2D eigenvalue weighted by Crippen LogP contribution is 2.29. The molecule has 1 aliphatic rings. The number of carbonyl (C=O) groups excluding carboxylic acids is 1. The van der Waals surface area contributed by atoms with Gasteiger partial charge in [0.05, 0.1) is 0 Å². The summed E-state index contributed by atoms with van der Waals surface area (Å²) in [6, 6.07) is 3.63. The van der Waals surface area contributed by atoms with Gasteiger partial charge in [-0.15, -0.1) is 0 Å². The molecule has 2 heteroatoms. The molecule has 0 aromatic heterocycles. The molecule has 88 valence electrons. The third kappa shape index (κ3) is 1.84. The number of fused-ring (bicyclic) bond motifs is 1. The zero-order valence-corrected chi connectivity index (χ0v) is 10.6. The first kappa shape index (κ1) is 11.8. The average Bonchev–Trinajstić information content (AvgIpc) is 2.42. The first-order chi connectivity index (χ1) is 7.91. The summed E-state index contributed by atoms with van der Waals surface area (Å²) in [7, 11) is 0. The molecule has 1 aromatic rings. The van der Waals surface area contributed by atoms with E-state index in [1.807, 2.05) is 26.8 Å². The minimum absolute atomic E-state index is 0.0435. The predicted molar refractivity (Wildman–Crippen MR) is 69.5 cm³/mol. The van der Waals surface area contributed by atoms with Crippen LogP contribution in [0.2, 0.25) is 0 Å². The Morgan fingerprint density at radius 2 is 1.71 bits per heavy atom. The molecule has 1 aromatic carbocycles. The second-order valence-corrected chi connectivity index (χ2v) is 4.91. The van der Waals surface area contributed by atoms with Crippen LogP contribution in [0.1, 0.15) is 53.7 Å². The van der Waals surface area contributed by atoms with Crippen LogP contribution in [-0.4, -0.2) is 5.78 Å². The van der Waals surface area contributed by atoms with E-state index < -0.39 is 0 Å². The number of rotatable bonds is 1. The van der Waals surface area contributed by atoms with Crippen molar-refractivity contribution in [2.75, 3.05) is 0 Å². The summed E-state index contributed by atoms with van der Waals surface area (Å²) in [5, 5.41) is 0.